The molecule has 0 aliphatic carbocycles. The van der Waals surface area contributed by atoms with Crippen LogP contribution in [0.25, 0.3) is 10.9 Å². The molecule has 0 bridgehead atoms. The van der Waals surface area contributed by atoms with Crippen LogP contribution in [0.3, 0.4) is 0 Å². The van der Waals surface area contributed by atoms with Crippen molar-refractivity contribution in [1.82, 2.24) is 9.58 Å². The van der Waals surface area contributed by atoms with Gasteiger partial charge >= 0.3 is 5.97 Å². The van der Waals surface area contributed by atoms with Crippen molar-refractivity contribution in [3.05, 3.63) is 35.5 Å². The fourth-order valence-electron chi connectivity index (χ4n) is 3.33. The van der Waals surface area contributed by atoms with Crippen molar-refractivity contribution in [2.75, 3.05) is 32.6 Å². The fourth-order valence-corrected chi connectivity index (χ4v) is 3.33. The van der Waals surface area contributed by atoms with Gasteiger partial charge < -0.3 is 15.5 Å². The quantitative estimate of drug-likeness (QED) is 0.696. The smallest absolute Gasteiger partial charge is 0.338 e. The van der Waals surface area contributed by atoms with E-state index in [9.17, 15) is 4.79 Å². The number of carbonyl (C=O) groups excluding carboxylic acids is 1. The number of nitrogens with zero attached hydrogens (tertiary/aromatic N) is 2. The standard InChI is InChI=1S/C18H25N3O2/c1-3-10-23-18(22)14-4-5-17-15(11-14)16(12-21(17)19)13-6-8-20(2)9-7-13/h4-5,11-13H,3,6-10,19H2,1-2H3. The molecule has 0 atom stereocenters. The summed E-state index contributed by atoms with van der Waals surface area (Å²) in [7, 11) is 2.16. The average Bonchev–Trinajstić information content (AvgIpc) is 2.90. The topological polar surface area (TPSA) is 60.5 Å². The summed E-state index contributed by atoms with van der Waals surface area (Å²) in [6, 6.07) is 5.64. The normalized spacial score (nSPS) is 16.8. The van der Waals surface area contributed by atoms with E-state index in [-0.39, 0.29) is 5.97 Å². The number of nitrogens with two attached hydrogens (primary N) is 1. The average molecular weight is 315 g/mol. The molecule has 1 aliphatic rings. The van der Waals surface area contributed by atoms with E-state index in [0.717, 1.165) is 43.3 Å². The number of ether oxygens (including phenoxy) is 1. The van der Waals surface area contributed by atoms with Crippen molar-refractivity contribution in [3.8, 4) is 0 Å². The molecule has 0 spiro atoms. The van der Waals surface area contributed by atoms with Gasteiger partial charge in [0.05, 0.1) is 17.7 Å². The molecule has 2 aromatic rings. The second-order valence-corrected chi connectivity index (χ2v) is 6.44. The lowest BCUT2D eigenvalue weighted by atomic mass is 9.89. The Balaban J connectivity index is 1.93. The summed E-state index contributed by atoms with van der Waals surface area (Å²) in [6.45, 7) is 4.64. The Hall–Kier alpha value is -2.01. The molecule has 0 radical (unpaired) electrons. The number of hydrogen-bond acceptors (Lipinski definition) is 4. The van der Waals surface area contributed by atoms with Crippen LogP contribution in [0.2, 0.25) is 0 Å². The van der Waals surface area contributed by atoms with Gasteiger partial charge in [0.15, 0.2) is 0 Å². The molecular weight excluding hydrogens is 290 g/mol. The minimum Gasteiger partial charge on any atom is -0.462 e. The van der Waals surface area contributed by atoms with Crippen molar-refractivity contribution in [1.29, 1.82) is 0 Å². The Morgan fingerprint density at radius 2 is 2.09 bits per heavy atom. The van der Waals surface area contributed by atoms with Crippen LogP contribution in [0.4, 0.5) is 0 Å². The van der Waals surface area contributed by atoms with Gasteiger partial charge in [-0.1, -0.05) is 6.92 Å². The highest BCUT2D eigenvalue weighted by molar-refractivity contribution is 5.96. The Morgan fingerprint density at radius 1 is 1.35 bits per heavy atom. The Labute approximate surface area is 137 Å². The molecule has 2 N–H and O–H groups in total. The summed E-state index contributed by atoms with van der Waals surface area (Å²) in [5.74, 6) is 6.35. The molecule has 0 amide bonds. The van der Waals surface area contributed by atoms with Gasteiger partial charge in [-0.05, 0) is 69.1 Å². The van der Waals surface area contributed by atoms with Gasteiger partial charge in [-0.2, -0.15) is 0 Å². The number of esters is 1. The van der Waals surface area contributed by atoms with E-state index >= 15 is 0 Å². The maximum absolute atomic E-state index is 12.1. The first kappa shape index (κ1) is 15.9. The first-order valence-electron chi connectivity index (χ1n) is 8.36. The van der Waals surface area contributed by atoms with Gasteiger partial charge in [0.25, 0.3) is 0 Å². The van der Waals surface area contributed by atoms with Gasteiger partial charge in [-0.3, -0.25) is 4.68 Å². The highest BCUT2D eigenvalue weighted by Crippen LogP contribution is 2.34. The minimum atomic E-state index is -0.257. The van der Waals surface area contributed by atoms with Crippen LogP contribution in [-0.4, -0.2) is 42.3 Å². The summed E-state index contributed by atoms with van der Waals surface area (Å²) in [5, 5.41) is 1.08. The fraction of sp³-hybridized carbons (Fsp3) is 0.500. The molecule has 23 heavy (non-hydrogen) atoms. The summed E-state index contributed by atoms with van der Waals surface area (Å²) in [6.07, 6.45) is 5.09. The van der Waals surface area contributed by atoms with Crippen molar-refractivity contribution in [3.63, 3.8) is 0 Å². The van der Waals surface area contributed by atoms with E-state index in [1.54, 1.807) is 10.7 Å². The first-order valence-corrected chi connectivity index (χ1v) is 8.36. The van der Waals surface area contributed by atoms with Crippen LogP contribution in [0.1, 0.15) is 48.0 Å². The van der Waals surface area contributed by atoms with Crippen molar-refractivity contribution >= 4 is 16.9 Å². The van der Waals surface area contributed by atoms with E-state index in [4.69, 9.17) is 10.6 Å². The third-order valence-corrected chi connectivity index (χ3v) is 4.70. The number of hydrogen-bond donors (Lipinski definition) is 1. The second kappa shape index (κ2) is 6.62. The van der Waals surface area contributed by atoms with Crippen LogP contribution >= 0.6 is 0 Å². The van der Waals surface area contributed by atoms with Gasteiger partial charge in [0.2, 0.25) is 0 Å². The molecule has 1 aliphatic heterocycles. The number of nitrogen functional groups attached to an aromatic ring is 1. The number of benzene rings is 1. The zero-order valence-corrected chi connectivity index (χ0v) is 13.9. The number of fused-ring (bicyclic) bond motifs is 1. The largest absolute Gasteiger partial charge is 0.462 e. The number of carbonyl (C=O) groups is 1. The Kier molecular flexibility index (Phi) is 4.57. The summed E-state index contributed by atoms with van der Waals surface area (Å²) in [4.78, 5) is 14.5. The highest BCUT2D eigenvalue weighted by atomic mass is 16.5. The zero-order valence-electron chi connectivity index (χ0n) is 13.9. The van der Waals surface area contributed by atoms with Crippen LogP contribution in [-0.2, 0) is 4.74 Å². The first-order chi connectivity index (χ1) is 11.1. The Bertz CT molecular complexity index is 700. The Morgan fingerprint density at radius 3 is 2.78 bits per heavy atom. The molecule has 124 valence electrons. The molecule has 3 rings (SSSR count). The molecule has 5 nitrogen and oxygen atoms in total. The molecule has 1 saturated heterocycles. The lowest BCUT2D eigenvalue weighted by molar-refractivity contribution is 0.0505. The predicted molar refractivity (Wildman–Crippen MR) is 92.1 cm³/mol. The van der Waals surface area contributed by atoms with Crippen LogP contribution in [0.5, 0.6) is 0 Å². The number of rotatable bonds is 4. The molecular formula is C18H25N3O2. The van der Waals surface area contributed by atoms with Gasteiger partial charge in [-0.25, -0.2) is 4.79 Å². The summed E-state index contributed by atoms with van der Waals surface area (Å²) < 4.78 is 6.92. The van der Waals surface area contributed by atoms with Crippen molar-refractivity contribution < 1.29 is 9.53 Å². The van der Waals surface area contributed by atoms with Crippen LogP contribution in [0.15, 0.2) is 24.4 Å². The van der Waals surface area contributed by atoms with Crippen LogP contribution in [0, 0.1) is 0 Å². The highest BCUT2D eigenvalue weighted by Gasteiger charge is 2.22. The van der Waals surface area contributed by atoms with Gasteiger partial charge in [0.1, 0.15) is 0 Å². The zero-order chi connectivity index (χ0) is 16.4. The maximum Gasteiger partial charge on any atom is 0.338 e. The van der Waals surface area contributed by atoms with Crippen LogP contribution < -0.4 is 5.84 Å². The van der Waals surface area contributed by atoms with Gasteiger partial charge in [0, 0.05) is 11.6 Å². The number of likely N-dealkylation sites (tertiary alicyclic amines) is 1. The number of aromatic nitrogens is 1. The maximum atomic E-state index is 12.1. The second-order valence-electron chi connectivity index (χ2n) is 6.44. The van der Waals surface area contributed by atoms with Gasteiger partial charge in [-0.15, -0.1) is 0 Å². The molecule has 1 fully saturated rings. The predicted octanol–water partition coefficient (Wildman–Crippen LogP) is 2.73. The van der Waals surface area contributed by atoms with E-state index in [0.29, 0.717) is 18.1 Å². The molecule has 1 aromatic carbocycles. The van der Waals surface area contributed by atoms with E-state index in [1.807, 2.05) is 25.3 Å². The third-order valence-electron chi connectivity index (χ3n) is 4.70. The molecule has 0 saturated carbocycles. The molecule has 5 heteroatoms. The lowest BCUT2D eigenvalue weighted by Crippen LogP contribution is -2.29. The summed E-state index contributed by atoms with van der Waals surface area (Å²) >= 11 is 0. The number of piperidine rings is 1. The van der Waals surface area contributed by atoms with E-state index in [1.165, 1.54) is 5.56 Å². The third kappa shape index (κ3) is 3.20. The van der Waals surface area contributed by atoms with E-state index < -0.39 is 0 Å². The lowest BCUT2D eigenvalue weighted by Gasteiger charge is -2.28. The van der Waals surface area contributed by atoms with Crippen molar-refractivity contribution in [2.24, 2.45) is 0 Å². The monoisotopic (exact) mass is 315 g/mol. The SMILES string of the molecule is CCCOC(=O)c1ccc2c(c1)c(C1CCN(C)CC1)cn2N. The van der Waals surface area contributed by atoms with E-state index in [2.05, 4.69) is 11.9 Å². The van der Waals surface area contributed by atoms with Crippen molar-refractivity contribution in [2.45, 2.75) is 32.1 Å². The molecule has 2 heterocycles. The minimum absolute atomic E-state index is 0.257. The molecule has 1 aromatic heterocycles. The molecule has 0 unspecified atom stereocenters. The summed E-state index contributed by atoms with van der Waals surface area (Å²) in [5.41, 5.74) is 2.82.